The van der Waals surface area contributed by atoms with Gasteiger partial charge in [-0.1, -0.05) is 13.8 Å². The van der Waals surface area contributed by atoms with Crippen molar-refractivity contribution in [2.75, 3.05) is 26.7 Å². The van der Waals surface area contributed by atoms with E-state index in [1.54, 1.807) is 14.1 Å². The second kappa shape index (κ2) is 6.54. The van der Waals surface area contributed by atoms with Crippen LogP contribution < -0.4 is 10.5 Å². The molecule has 9 heteroatoms. The molecule has 3 N–H and O–H groups in total. The van der Waals surface area contributed by atoms with Crippen molar-refractivity contribution in [3.05, 3.63) is 12.4 Å². The Hall–Kier alpha value is -1.45. The van der Waals surface area contributed by atoms with E-state index in [-0.39, 0.29) is 22.8 Å². The zero-order valence-electron chi connectivity index (χ0n) is 12.8. The van der Waals surface area contributed by atoms with Gasteiger partial charge in [0.1, 0.15) is 4.90 Å². The van der Waals surface area contributed by atoms with Crippen molar-refractivity contribution in [2.24, 2.45) is 18.2 Å². The maximum absolute atomic E-state index is 12.0. The number of rotatable bonds is 7. The van der Waals surface area contributed by atoms with Gasteiger partial charge in [0.15, 0.2) is 0 Å². The molecule has 1 aromatic rings. The quantitative estimate of drug-likeness (QED) is 0.680. The van der Waals surface area contributed by atoms with Crippen LogP contribution in [0, 0.1) is 5.41 Å². The number of aromatic nitrogens is 2. The molecular formula is C12H23N5O3S. The zero-order valence-corrected chi connectivity index (χ0v) is 13.6. The van der Waals surface area contributed by atoms with E-state index in [1.165, 1.54) is 22.0 Å². The number of nitrogens with two attached hydrogens (primary N) is 1. The lowest BCUT2D eigenvalue weighted by molar-refractivity contribution is -0.129. The summed E-state index contributed by atoms with van der Waals surface area (Å²) in [5.41, 5.74) is 5.40. The van der Waals surface area contributed by atoms with Gasteiger partial charge in [0.2, 0.25) is 15.9 Å². The number of hydrogen-bond acceptors (Lipinski definition) is 5. The van der Waals surface area contributed by atoms with Crippen molar-refractivity contribution < 1.29 is 13.2 Å². The molecule has 0 saturated carbocycles. The molecule has 0 aliphatic rings. The average molecular weight is 317 g/mol. The molecular weight excluding hydrogens is 294 g/mol. The van der Waals surface area contributed by atoms with Gasteiger partial charge in [-0.3, -0.25) is 9.48 Å². The minimum atomic E-state index is -3.72. The molecule has 1 rings (SSSR count). The third-order valence-electron chi connectivity index (χ3n) is 3.05. The minimum absolute atomic E-state index is 0.0303. The number of nitrogens with zero attached hydrogens (tertiary/aromatic N) is 3. The van der Waals surface area contributed by atoms with Crippen LogP contribution in [0.5, 0.6) is 0 Å². The fourth-order valence-electron chi connectivity index (χ4n) is 1.71. The zero-order chi connectivity index (χ0) is 16.3. The largest absolute Gasteiger partial charge is 0.344 e. The van der Waals surface area contributed by atoms with Crippen molar-refractivity contribution in [1.29, 1.82) is 0 Å². The van der Waals surface area contributed by atoms with Crippen molar-refractivity contribution in [2.45, 2.75) is 18.7 Å². The van der Waals surface area contributed by atoms with E-state index >= 15 is 0 Å². The molecule has 21 heavy (non-hydrogen) atoms. The van der Waals surface area contributed by atoms with Crippen LogP contribution in [0.3, 0.4) is 0 Å². The minimum Gasteiger partial charge on any atom is -0.344 e. The van der Waals surface area contributed by atoms with Crippen LogP contribution in [-0.4, -0.2) is 55.7 Å². The molecule has 0 saturated heterocycles. The van der Waals surface area contributed by atoms with Crippen LogP contribution in [0.15, 0.2) is 17.3 Å². The van der Waals surface area contributed by atoms with Crippen LogP contribution in [0.2, 0.25) is 0 Å². The highest BCUT2D eigenvalue weighted by Gasteiger charge is 2.23. The monoisotopic (exact) mass is 317 g/mol. The number of sulfonamides is 1. The first-order valence-electron chi connectivity index (χ1n) is 6.50. The van der Waals surface area contributed by atoms with Gasteiger partial charge in [-0.15, -0.1) is 0 Å². The molecule has 1 heterocycles. The van der Waals surface area contributed by atoms with Gasteiger partial charge < -0.3 is 10.6 Å². The van der Waals surface area contributed by atoms with Crippen LogP contribution in [0.1, 0.15) is 13.8 Å². The summed E-state index contributed by atoms with van der Waals surface area (Å²) in [5, 5.41) is 3.79. The number of hydrogen-bond donors (Lipinski definition) is 2. The molecule has 1 aromatic heterocycles. The van der Waals surface area contributed by atoms with Crippen molar-refractivity contribution >= 4 is 15.9 Å². The van der Waals surface area contributed by atoms with Crippen molar-refractivity contribution in [1.82, 2.24) is 19.4 Å². The van der Waals surface area contributed by atoms with Crippen LogP contribution in [-0.2, 0) is 21.9 Å². The summed E-state index contributed by atoms with van der Waals surface area (Å²) < 4.78 is 27.6. The fraction of sp³-hybridized carbons (Fsp3) is 0.667. The molecule has 0 fully saturated rings. The van der Waals surface area contributed by atoms with Gasteiger partial charge in [-0.2, -0.15) is 5.10 Å². The summed E-state index contributed by atoms with van der Waals surface area (Å²) in [7, 11) is -0.482. The number of carbonyl (C=O) groups is 1. The van der Waals surface area contributed by atoms with E-state index in [0.29, 0.717) is 13.1 Å². The highest BCUT2D eigenvalue weighted by Crippen LogP contribution is 2.13. The topological polar surface area (TPSA) is 110 Å². The van der Waals surface area contributed by atoms with Gasteiger partial charge in [0.05, 0.1) is 12.7 Å². The first-order chi connectivity index (χ1) is 9.57. The fourth-order valence-corrected chi connectivity index (χ4v) is 2.66. The first kappa shape index (κ1) is 17.6. The van der Waals surface area contributed by atoms with Crippen molar-refractivity contribution in [3.63, 3.8) is 0 Å². The van der Waals surface area contributed by atoms with Crippen LogP contribution >= 0.6 is 0 Å². The van der Waals surface area contributed by atoms with E-state index in [4.69, 9.17) is 5.73 Å². The Kier molecular flexibility index (Phi) is 5.48. The highest BCUT2D eigenvalue weighted by molar-refractivity contribution is 7.89. The first-order valence-corrected chi connectivity index (χ1v) is 7.98. The Bertz CT molecular complexity index is 594. The third-order valence-corrected chi connectivity index (χ3v) is 4.40. The number of carbonyl (C=O) groups excluding carboxylic acids is 1. The van der Waals surface area contributed by atoms with Crippen LogP contribution in [0.4, 0.5) is 0 Å². The lowest BCUT2D eigenvalue weighted by Gasteiger charge is -2.29. The summed E-state index contributed by atoms with van der Waals surface area (Å²) in [6.45, 7) is 4.48. The van der Waals surface area contributed by atoms with Crippen molar-refractivity contribution in [3.8, 4) is 0 Å². The van der Waals surface area contributed by atoms with Gasteiger partial charge in [0, 0.05) is 26.8 Å². The van der Waals surface area contributed by atoms with E-state index in [0.717, 1.165) is 0 Å². The maximum atomic E-state index is 12.0. The smallest absolute Gasteiger partial charge is 0.244 e. The standard InChI is InChI=1S/C12H23N5O3S/c1-12(2,8-13)9-16(3)11(18)6-15-21(19,20)10-5-14-17(4)7-10/h5,7,15H,6,8-9,13H2,1-4H3. The maximum Gasteiger partial charge on any atom is 0.244 e. The third kappa shape index (κ3) is 5.10. The number of likely N-dealkylation sites (N-methyl/N-ethyl adjacent to an activating group) is 1. The molecule has 8 nitrogen and oxygen atoms in total. The Morgan fingerprint density at radius 1 is 1.52 bits per heavy atom. The number of aryl methyl sites for hydroxylation is 1. The molecule has 0 bridgehead atoms. The normalized spacial score (nSPS) is 12.4. The SMILES string of the molecule is CN(CC(C)(C)CN)C(=O)CNS(=O)(=O)c1cnn(C)c1. The molecule has 120 valence electrons. The van der Waals surface area contributed by atoms with Gasteiger partial charge in [-0.25, -0.2) is 13.1 Å². The second-order valence-electron chi connectivity index (χ2n) is 5.79. The van der Waals surface area contributed by atoms with Crippen LogP contribution in [0.25, 0.3) is 0 Å². The second-order valence-corrected chi connectivity index (χ2v) is 7.56. The molecule has 0 spiro atoms. The predicted molar refractivity (Wildman–Crippen MR) is 78.9 cm³/mol. The van der Waals surface area contributed by atoms with E-state index in [1.807, 2.05) is 13.8 Å². The molecule has 0 atom stereocenters. The molecule has 0 aromatic carbocycles. The lowest BCUT2D eigenvalue weighted by atomic mass is 9.93. The summed E-state index contributed by atoms with van der Waals surface area (Å²) >= 11 is 0. The summed E-state index contributed by atoms with van der Waals surface area (Å²) in [4.78, 5) is 13.5. The summed E-state index contributed by atoms with van der Waals surface area (Å²) in [6.07, 6.45) is 2.60. The highest BCUT2D eigenvalue weighted by atomic mass is 32.2. The average Bonchev–Trinajstić information content (AvgIpc) is 2.83. The Morgan fingerprint density at radius 3 is 2.62 bits per heavy atom. The molecule has 0 aliphatic heterocycles. The van der Waals surface area contributed by atoms with E-state index in [2.05, 4.69) is 9.82 Å². The molecule has 0 aliphatic carbocycles. The lowest BCUT2D eigenvalue weighted by Crippen LogP contribution is -2.44. The summed E-state index contributed by atoms with van der Waals surface area (Å²) in [6, 6.07) is 0. The molecule has 0 radical (unpaired) electrons. The Labute approximate surface area is 125 Å². The summed E-state index contributed by atoms with van der Waals surface area (Å²) in [5.74, 6) is -0.316. The molecule has 0 unspecified atom stereocenters. The molecule has 1 amide bonds. The number of nitrogens with one attached hydrogen (secondary N) is 1. The van der Waals surface area contributed by atoms with E-state index in [9.17, 15) is 13.2 Å². The van der Waals surface area contributed by atoms with Gasteiger partial charge in [-0.05, 0) is 12.0 Å². The Balaban J connectivity index is 2.60. The number of amides is 1. The Morgan fingerprint density at radius 2 is 2.14 bits per heavy atom. The predicted octanol–water partition coefficient (Wildman–Crippen LogP) is -0.858. The van der Waals surface area contributed by atoms with E-state index < -0.39 is 10.0 Å². The van der Waals surface area contributed by atoms with Gasteiger partial charge in [0.25, 0.3) is 0 Å². The van der Waals surface area contributed by atoms with Gasteiger partial charge >= 0.3 is 0 Å².